The summed E-state index contributed by atoms with van der Waals surface area (Å²) in [5.41, 5.74) is 0.243. The number of hydrogen-bond acceptors (Lipinski definition) is 3. The van der Waals surface area contributed by atoms with Crippen LogP contribution in [-0.4, -0.2) is 29.1 Å². The summed E-state index contributed by atoms with van der Waals surface area (Å²) in [6.45, 7) is 3.11. The van der Waals surface area contributed by atoms with Crippen LogP contribution in [0, 0.1) is 5.92 Å². The van der Waals surface area contributed by atoms with Gasteiger partial charge in [0.25, 0.3) is 5.91 Å². The van der Waals surface area contributed by atoms with Crippen molar-refractivity contribution in [3.05, 3.63) is 52.9 Å². The van der Waals surface area contributed by atoms with E-state index in [1.165, 1.54) is 12.3 Å². The molecule has 1 atom stereocenters. The summed E-state index contributed by atoms with van der Waals surface area (Å²) >= 11 is 0. The van der Waals surface area contributed by atoms with Crippen molar-refractivity contribution in [2.75, 3.05) is 13.1 Å². The molecule has 3 rings (SSSR count). The number of carbonyl (C=O) groups excluding carboxylic acids is 1. The van der Waals surface area contributed by atoms with E-state index in [4.69, 9.17) is 4.52 Å². The van der Waals surface area contributed by atoms with E-state index in [1.807, 2.05) is 6.92 Å². The van der Waals surface area contributed by atoms with Gasteiger partial charge in [0, 0.05) is 19.5 Å². The number of halogens is 3. The van der Waals surface area contributed by atoms with E-state index in [0.29, 0.717) is 49.2 Å². The average molecular weight is 380 g/mol. The Morgan fingerprint density at radius 3 is 2.85 bits per heavy atom. The molecule has 0 N–H and O–H groups in total. The van der Waals surface area contributed by atoms with Crippen molar-refractivity contribution in [1.29, 1.82) is 0 Å². The largest absolute Gasteiger partial charge is 0.416 e. The summed E-state index contributed by atoms with van der Waals surface area (Å²) in [5.74, 6) is 0.656. The standard InChI is InChI=1S/C20H23F3N2O2/c1-2-18-16(12-24-27-18)19(26)25-11-5-6-14(13-25)9-10-15-7-3-4-8-17(15)20(21,22)23/h3-4,7-8,12,14H,2,5-6,9-11,13H2,1H3/t14-/m0/s1. The Kier molecular flexibility index (Phi) is 5.87. The maximum Gasteiger partial charge on any atom is 0.416 e. The third-order valence-electron chi connectivity index (χ3n) is 5.15. The molecule has 1 aromatic carbocycles. The van der Waals surface area contributed by atoms with Crippen LogP contribution in [0.2, 0.25) is 0 Å². The molecule has 1 aliphatic heterocycles. The zero-order chi connectivity index (χ0) is 19.4. The number of carbonyl (C=O) groups is 1. The van der Waals surface area contributed by atoms with Gasteiger partial charge < -0.3 is 9.42 Å². The Morgan fingerprint density at radius 2 is 2.11 bits per heavy atom. The molecule has 2 heterocycles. The lowest BCUT2D eigenvalue weighted by molar-refractivity contribution is -0.138. The van der Waals surface area contributed by atoms with Crippen LogP contribution in [0.3, 0.4) is 0 Å². The Labute approximate surface area is 156 Å². The molecular formula is C20H23F3N2O2. The first-order valence-corrected chi connectivity index (χ1v) is 9.28. The van der Waals surface area contributed by atoms with Crippen molar-refractivity contribution in [1.82, 2.24) is 10.1 Å². The molecule has 0 saturated carbocycles. The SMILES string of the molecule is CCc1oncc1C(=O)N1CCC[C@@H](CCc2ccccc2C(F)(F)F)C1. The zero-order valence-electron chi connectivity index (χ0n) is 15.3. The van der Waals surface area contributed by atoms with E-state index in [1.54, 1.807) is 17.0 Å². The first kappa shape index (κ1) is 19.5. The third kappa shape index (κ3) is 4.51. The number of piperidine rings is 1. The highest BCUT2D eigenvalue weighted by Gasteiger charge is 2.33. The molecule has 0 bridgehead atoms. The van der Waals surface area contributed by atoms with Crippen molar-refractivity contribution < 1.29 is 22.5 Å². The molecule has 0 unspecified atom stereocenters. The van der Waals surface area contributed by atoms with Crippen LogP contribution in [0.1, 0.15) is 53.4 Å². The predicted octanol–water partition coefficient (Wildman–Crippen LogP) is 4.74. The number of aryl methyl sites for hydroxylation is 2. The van der Waals surface area contributed by atoms with Crippen LogP contribution < -0.4 is 0 Å². The predicted molar refractivity (Wildman–Crippen MR) is 94.3 cm³/mol. The Bertz CT molecular complexity index is 786. The van der Waals surface area contributed by atoms with Crippen LogP contribution in [0.5, 0.6) is 0 Å². The summed E-state index contributed by atoms with van der Waals surface area (Å²) < 4.78 is 44.5. The van der Waals surface area contributed by atoms with Gasteiger partial charge in [0.2, 0.25) is 0 Å². The van der Waals surface area contributed by atoms with Gasteiger partial charge in [-0.3, -0.25) is 4.79 Å². The average Bonchev–Trinajstić information content (AvgIpc) is 3.14. The number of hydrogen-bond donors (Lipinski definition) is 0. The van der Waals surface area contributed by atoms with Gasteiger partial charge in [0.15, 0.2) is 0 Å². The molecule has 1 aromatic heterocycles. The minimum atomic E-state index is -4.34. The first-order chi connectivity index (χ1) is 12.9. The Morgan fingerprint density at radius 1 is 1.33 bits per heavy atom. The maximum atomic E-state index is 13.1. The first-order valence-electron chi connectivity index (χ1n) is 9.28. The summed E-state index contributed by atoms with van der Waals surface area (Å²) in [7, 11) is 0. The monoisotopic (exact) mass is 380 g/mol. The zero-order valence-corrected chi connectivity index (χ0v) is 15.3. The molecule has 1 amide bonds. The summed E-state index contributed by atoms with van der Waals surface area (Å²) in [6.07, 6.45) is 0.455. The highest BCUT2D eigenvalue weighted by Crippen LogP contribution is 2.33. The van der Waals surface area contributed by atoms with E-state index in [0.717, 1.165) is 18.9 Å². The smallest absolute Gasteiger partial charge is 0.361 e. The second-order valence-electron chi connectivity index (χ2n) is 6.97. The van der Waals surface area contributed by atoms with Gasteiger partial charge >= 0.3 is 6.18 Å². The number of amides is 1. The third-order valence-corrected chi connectivity index (χ3v) is 5.15. The molecule has 1 fully saturated rings. The molecule has 4 nitrogen and oxygen atoms in total. The van der Waals surface area contributed by atoms with Crippen molar-refractivity contribution in [3.8, 4) is 0 Å². The van der Waals surface area contributed by atoms with Gasteiger partial charge in [-0.15, -0.1) is 0 Å². The maximum absolute atomic E-state index is 13.1. The van der Waals surface area contributed by atoms with E-state index < -0.39 is 11.7 Å². The fraction of sp³-hybridized carbons (Fsp3) is 0.500. The van der Waals surface area contributed by atoms with Gasteiger partial charge in [0.1, 0.15) is 11.3 Å². The number of nitrogens with zero attached hydrogens (tertiary/aromatic N) is 2. The molecule has 0 radical (unpaired) electrons. The summed E-state index contributed by atoms with van der Waals surface area (Å²) in [6, 6.07) is 5.72. The lowest BCUT2D eigenvalue weighted by atomic mass is 9.90. The number of rotatable bonds is 5. The van der Waals surface area contributed by atoms with E-state index in [9.17, 15) is 18.0 Å². The highest BCUT2D eigenvalue weighted by atomic mass is 19.4. The quantitative estimate of drug-likeness (QED) is 0.753. The van der Waals surface area contributed by atoms with Crippen LogP contribution >= 0.6 is 0 Å². The van der Waals surface area contributed by atoms with Crippen molar-refractivity contribution in [2.24, 2.45) is 5.92 Å². The van der Waals surface area contributed by atoms with Crippen molar-refractivity contribution in [2.45, 2.75) is 45.2 Å². The number of alkyl halides is 3. The van der Waals surface area contributed by atoms with E-state index >= 15 is 0 Å². The lowest BCUT2D eigenvalue weighted by Gasteiger charge is -2.33. The lowest BCUT2D eigenvalue weighted by Crippen LogP contribution is -2.40. The topological polar surface area (TPSA) is 46.3 Å². The second-order valence-corrected chi connectivity index (χ2v) is 6.97. The Hall–Kier alpha value is -2.31. The number of aromatic nitrogens is 1. The van der Waals surface area contributed by atoms with Gasteiger partial charge in [-0.05, 0) is 43.2 Å². The molecule has 7 heteroatoms. The van der Waals surface area contributed by atoms with Gasteiger partial charge in [-0.25, -0.2) is 0 Å². The van der Waals surface area contributed by atoms with Crippen molar-refractivity contribution in [3.63, 3.8) is 0 Å². The van der Waals surface area contributed by atoms with Crippen LogP contribution in [0.25, 0.3) is 0 Å². The Balaban J connectivity index is 1.64. The molecule has 27 heavy (non-hydrogen) atoms. The number of benzene rings is 1. The molecule has 0 spiro atoms. The van der Waals surface area contributed by atoms with E-state index in [-0.39, 0.29) is 11.8 Å². The molecular weight excluding hydrogens is 357 g/mol. The van der Waals surface area contributed by atoms with Gasteiger partial charge in [0.05, 0.1) is 11.8 Å². The fourth-order valence-electron chi connectivity index (χ4n) is 3.72. The highest BCUT2D eigenvalue weighted by molar-refractivity contribution is 5.94. The molecule has 2 aromatic rings. The normalized spacial score (nSPS) is 17.9. The molecule has 1 aliphatic rings. The van der Waals surface area contributed by atoms with Gasteiger partial charge in [-0.1, -0.05) is 30.3 Å². The van der Waals surface area contributed by atoms with Gasteiger partial charge in [-0.2, -0.15) is 13.2 Å². The minimum Gasteiger partial charge on any atom is -0.361 e. The fourth-order valence-corrected chi connectivity index (χ4v) is 3.72. The number of likely N-dealkylation sites (tertiary alicyclic amines) is 1. The molecule has 146 valence electrons. The van der Waals surface area contributed by atoms with Crippen LogP contribution in [-0.2, 0) is 19.0 Å². The van der Waals surface area contributed by atoms with E-state index in [2.05, 4.69) is 5.16 Å². The summed E-state index contributed by atoms with van der Waals surface area (Å²) in [4.78, 5) is 14.5. The van der Waals surface area contributed by atoms with Crippen molar-refractivity contribution >= 4 is 5.91 Å². The molecule has 1 saturated heterocycles. The van der Waals surface area contributed by atoms with Crippen LogP contribution in [0.4, 0.5) is 13.2 Å². The summed E-state index contributed by atoms with van der Waals surface area (Å²) in [5, 5.41) is 3.71. The van der Waals surface area contributed by atoms with Crippen LogP contribution in [0.15, 0.2) is 35.0 Å². The molecule has 0 aliphatic carbocycles. The second kappa shape index (κ2) is 8.15. The minimum absolute atomic E-state index is 0.103.